The highest BCUT2D eigenvalue weighted by atomic mass is 33.1. The highest BCUT2D eigenvalue weighted by Gasteiger charge is 2.26. The van der Waals surface area contributed by atoms with Crippen molar-refractivity contribution in [3.05, 3.63) is 59.7 Å². The van der Waals surface area contributed by atoms with Gasteiger partial charge >= 0.3 is 11.9 Å². The molecular formula is C24H26N2O6S2. The van der Waals surface area contributed by atoms with Crippen molar-refractivity contribution in [2.75, 3.05) is 25.7 Å². The normalized spacial score (nSPS) is 19.6. The lowest BCUT2D eigenvalue weighted by molar-refractivity contribution is -0.144. The van der Waals surface area contributed by atoms with E-state index in [9.17, 15) is 19.2 Å². The van der Waals surface area contributed by atoms with E-state index in [-0.39, 0.29) is 36.2 Å². The molecule has 2 aromatic carbocycles. The minimum atomic E-state index is -0.853. The lowest BCUT2D eigenvalue weighted by Gasteiger charge is -2.20. The molecule has 0 radical (unpaired) electrons. The van der Waals surface area contributed by atoms with E-state index in [1.54, 1.807) is 0 Å². The predicted octanol–water partition coefficient (Wildman–Crippen LogP) is 2.15. The molecule has 0 saturated carbocycles. The van der Waals surface area contributed by atoms with Crippen LogP contribution in [0.4, 0.5) is 0 Å². The molecule has 0 aliphatic carbocycles. The molecule has 2 unspecified atom stereocenters. The largest absolute Gasteiger partial charge is 0.467 e. The molecule has 1 heterocycles. The maximum absolute atomic E-state index is 12.9. The number of benzene rings is 2. The molecule has 0 spiro atoms. The molecule has 10 heteroatoms. The number of hydrogen-bond acceptors (Lipinski definition) is 8. The smallest absolute Gasteiger partial charge is 0.329 e. The number of rotatable bonds is 2. The molecule has 0 saturated heterocycles. The van der Waals surface area contributed by atoms with Crippen LogP contribution in [0.25, 0.3) is 11.1 Å². The first kappa shape index (κ1) is 25.6. The third-order valence-corrected chi connectivity index (χ3v) is 7.64. The van der Waals surface area contributed by atoms with E-state index in [0.29, 0.717) is 0 Å². The summed E-state index contributed by atoms with van der Waals surface area (Å²) in [4.78, 5) is 50.2. The fourth-order valence-corrected chi connectivity index (χ4v) is 5.86. The number of ether oxygens (including phenoxy) is 2. The number of esters is 2. The molecule has 0 bridgehead atoms. The van der Waals surface area contributed by atoms with E-state index in [4.69, 9.17) is 9.47 Å². The van der Waals surface area contributed by atoms with Gasteiger partial charge in [0.1, 0.15) is 12.1 Å². The molecule has 2 N–H and O–H groups in total. The van der Waals surface area contributed by atoms with Crippen LogP contribution in [0.1, 0.15) is 11.1 Å². The zero-order chi connectivity index (χ0) is 24.5. The minimum Gasteiger partial charge on any atom is -0.467 e. The van der Waals surface area contributed by atoms with Gasteiger partial charge < -0.3 is 20.1 Å². The van der Waals surface area contributed by atoms with Crippen LogP contribution in [0.15, 0.2) is 48.5 Å². The first-order chi connectivity index (χ1) is 16.4. The van der Waals surface area contributed by atoms with Crippen LogP contribution >= 0.6 is 21.6 Å². The van der Waals surface area contributed by atoms with Crippen molar-refractivity contribution >= 4 is 45.3 Å². The van der Waals surface area contributed by atoms with Gasteiger partial charge in [0.2, 0.25) is 11.8 Å². The van der Waals surface area contributed by atoms with Gasteiger partial charge in [-0.2, -0.15) is 0 Å². The van der Waals surface area contributed by atoms with Crippen LogP contribution in [0.2, 0.25) is 0 Å². The summed E-state index contributed by atoms with van der Waals surface area (Å²) < 4.78 is 9.69. The lowest BCUT2D eigenvalue weighted by atomic mass is 9.92. The molecule has 2 amide bonds. The lowest BCUT2D eigenvalue weighted by Crippen LogP contribution is -2.44. The van der Waals surface area contributed by atoms with Gasteiger partial charge in [-0.25, -0.2) is 9.59 Å². The number of methoxy groups -OCH3 is 2. The van der Waals surface area contributed by atoms with E-state index in [2.05, 4.69) is 10.6 Å². The summed E-state index contributed by atoms with van der Waals surface area (Å²) in [7, 11) is 5.11. The highest BCUT2D eigenvalue weighted by Crippen LogP contribution is 2.29. The minimum absolute atomic E-state index is 0.0619. The van der Waals surface area contributed by atoms with Gasteiger partial charge in [-0.1, -0.05) is 70.1 Å². The summed E-state index contributed by atoms with van der Waals surface area (Å²) in [5.41, 5.74) is 3.16. The van der Waals surface area contributed by atoms with Gasteiger partial charge in [0, 0.05) is 11.5 Å². The molecule has 3 rings (SSSR count). The monoisotopic (exact) mass is 502 g/mol. The highest BCUT2D eigenvalue weighted by molar-refractivity contribution is 8.76. The quantitative estimate of drug-likeness (QED) is 0.475. The molecule has 2 aromatic rings. The van der Waals surface area contributed by atoms with Crippen molar-refractivity contribution in [2.45, 2.75) is 24.9 Å². The summed E-state index contributed by atoms with van der Waals surface area (Å²) >= 11 is 0. The molecule has 34 heavy (non-hydrogen) atoms. The van der Waals surface area contributed by atoms with Crippen molar-refractivity contribution < 1.29 is 28.7 Å². The Kier molecular flexibility index (Phi) is 9.41. The molecule has 0 fully saturated rings. The van der Waals surface area contributed by atoms with Crippen LogP contribution in [-0.4, -0.2) is 61.6 Å². The van der Waals surface area contributed by atoms with E-state index in [1.807, 2.05) is 48.5 Å². The fraction of sp³-hybridized carbons (Fsp3) is 0.333. The Labute approximate surface area is 205 Å². The fourth-order valence-electron chi connectivity index (χ4n) is 3.57. The standard InChI is InChI=1S/C24H26N2O6S2/c1-31-23(29)19-13-33-34-14-20(24(30)32-2)26-22(28)12-16-8-4-6-10-18(16)17-9-5-3-7-15(17)11-21(27)25-19/h3-10,19-20H,11-14H2,1-2H3,(H,25,27)(H,26,28). The van der Waals surface area contributed by atoms with Gasteiger partial charge in [-0.15, -0.1) is 0 Å². The maximum atomic E-state index is 12.9. The topological polar surface area (TPSA) is 111 Å². The van der Waals surface area contributed by atoms with Gasteiger partial charge in [-0.3, -0.25) is 9.59 Å². The zero-order valence-corrected chi connectivity index (χ0v) is 20.5. The molecule has 1 aliphatic heterocycles. The molecule has 180 valence electrons. The van der Waals surface area contributed by atoms with Crippen molar-refractivity contribution in [3.63, 3.8) is 0 Å². The Morgan fingerprint density at radius 1 is 0.735 bits per heavy atom. The Balaban J connectivity index is 1.99. The number of hydrogen-bond donors (Lipinski definition) is 2. The number of nitrogens with one attached hydrogen (secondary N) is 2. The van der Waals surface area contributed by atoms with Crippen molar-refractivity contribution in [3.8, 4) is 11.1 Å². The second-order valence-corrected chi connectivity index (χ2v) is 10.1. The van der Waals surface area contributed by atoms with E-state index < -0.39 is 24.0 Å². The summed E-state index contributed by atoms with van der Waals surface area (Å²) in [6.07, 6.45) is 0.124. The summed E-state index contributed by atoms with van der Waals surface area (Å²) in [6, 6.07) is 13.2. The van der Waals surface area contributed by atoms with Crippen LogP contribution in [0, 0.1) is 0 Å². The van der Waals surface area contributed by atoms with Crippen LogP contribution in [-0.2, 0) is 41.5 Å². The molecule has 2 atom stereocenters. The first-order valence-corrected chi connectivity index (χ1v) is 13.1. The molecular weight excluding hydrogens is 476 g/mol. The average Bonchev–Trinajstić information content (AvgIpc) is 2.84. The second-order valence-electron chi connectivity index (χ2n) is 7.52. The Hall–Kier alpha value is -2.98. The van der Waals surface area contributed by atoms with Gasteiger partial charge in [-0.05, 0) is 22.3 Å². The van der Waals surface area contributed by atoms with Crippen molar-refractivity contribution in [1.82, 2.24) is 10.6 Å². The van der Waals surface area contributed by atoms with Gasteiger partial charge in [0.15, 0.2) is 0 Å². The number of amides is 2. The van der Waals surface area contributed by atoms with Crippen molar-refractivity contribution in [2.24, 2.45) is 0 Å². The van der Waals surface area contributed by atoms with Crippen LogP contribution in [0.3, 0.4) is 0 Å². The van der Waals surface area contributed by atoms with Crippen LogP contribution in [0.5, 0.6) is 0 Å². The van der Waals surface area contributed by atoms with Gasteiger partial charge in [0.25, 0.3) is 0 Å². The number of carbonyl (C=O) groups excluding carboxylic acids is 4. The summed E-state index contributed by atoms with van der Waals surface area (Å²) in [6.45, 7) is 0. The Morgan fingerprint density at radius 2 is 1.12 bits per heavy atom. The second kappa shape index (κ2) is 12.5. The Bertz CT molecular complexity index is 978. The third-order valence-electron chi connectivity index (χ3n) is 5.22. The molecule has 1 aliphatic rings. The van der Waals surface area contributed by atoms with Crippen LogP contribution < -0.4 is 10.6 Å². The van der Waals surface area contributed by atoms with Gasteiger partial charge in [0.05, 0.1) is 27.1 Å². The first-order valence-electron chi connectivity index (χ1n) is 10.6. The summed E-state index contributed by atoms with van der Waals surface area (Å²) in [5, 5.41) is 5.52. The van der Waals surface area contributed by atoms with Crippen molar-refractivity contribution in [1.29, 1.82) is 0 Å². The number of carbonyl (C=O) groups is 4. The van der Waals surface area contributed by atoms with E-state index in [1.165, 1.54) is 35.8 Å². The number of fused-ring (bicyclic) bond motifs is 3. The predicted molar refractivity (Wildman–Crippen MR) is 132 cm³/mol. The molecule has 0 aromatic heterocycles. The third kappa shape index (κ3) is 6.77. The van der Waals surface area contributed by atoms with E-state index >= 15 is 0 Å². The zero-order valence-electron chi connectivity index (χ0n) is 18.9. The summed E-state index contributed by atoms with van der Waals surface area (Å²) in [5.74, 6) is -1.28. The molecule has 8 nitrogen and oxygen atoms in total. The average molecular weight is 503 g/mol. The Morgan fingerprint density at radius 3 is 1.50 bits per heavy atom. The maximum Gasteiger partial charge on any atom is 0.329 e. The SMILES string of the molecule is COC(=O)C1CSSCC(C(=O)OC)NC(=O)Cc2ccccc2-c2ccccc2CC(=O)N1. The van der Waals surface area contributed by atoms with E-state index in [0.717, 1.165) is 22.3 Å².